The molecule has 1 saturated heterocycles. The van der Waals surface area contributed by atoms with Crippen LogP contribution in [0.5, 0.6) is 0 Å². The highest BCUT2D eigenvalue weighted by molar-refractivity contribution is 5.70. The van der Waals surface area contributed by atoms with Crippen LogP contribution in [0.4, 0.5) is 0 Å². The summed E-state index contributed by atoms with van der Waals surface area (Å²) in [4.78, 5) is 59.3. The topological polar surface area (TPSA) is 199 Å². The lowest BCUT2D eigenvalue weighted by molar-refractivity contribution is -0.148. The molecule has 0 amide bonds. The standard InChI is InChI=1S/C66H120N4O12/c1-5-9-13-17-21-25-29-33-39-63(75)79-55-59(71)51-67-43-37-44-69(53-61(73)57-81-65(77)41-35-31-27-23-19-15-11-7-3)49-50-70(54-62(74)58-82-66(78)42-36-32-28-24-20-16-12-8-4)46-38-45-68(48-47-67)52-60(72)56-80-64(76)40-34-30-26-22-18-14-10-6-2/h21-28,59-62,71-74H,5-20,29-58H2,1-4H3/b25-21-,26-22-,27-23-,28-24-. The molecule has 0 aliphatic carbocycles. The molecule has 0 aromatic heterocycles. The van der Waals surface area contributed by atoms with Gasteiger partial charge in [0.2, 0.25) is 0 Å². The average molecular weight is 1160 g/mol. The third kappa shape index (κ3) is 48.8. The van der Waals surface area contributed by atoms with Gasteiger partial charge in [0.25, 0.3) is 0 Å². The van der Waals surface area contributed by atoms with Gasteiger partial charge >= 0.3 is 23.9 Å². The van der Waals surface area contributed by atoms with Gasteiger partial charge in [-0.2, -0.15) is 0 Å². The number of esters is 4. The van der Waals surface area contributed by atoms with Crippen LogP contribution in [-0.4, -0.2) is 193 Å². The summed E-state index contributed by atoms with van der Waals surface area (Å²) < 4.78 is 22.2. The second-order valence-corrected chi connectivity index (χ2v) is 22.7. The van der Waals surface area contributed by atoms with Gasteiger partial charge in [0.15, 0.2) is 0 Å². The van der Waals surface area contributed by atoms with Gasteiger partial charge in [-0.25, -0.2) is 0 Å². The average Bonchev–Trinajstić information content (AvgIpc) is 3.46. The molecule has 4 atom stereocenters. The second kappa shape index (κ2) is 55.4. The molecule has 1 heterocycles. The normalized spacial score (nSPS) is 16.7. The molecule has 4 unspecified atom stereocenters. The Kier molecular flexibility index (Phi) is 51.7. The van der Waals surface area contributed by atoms with Gasteiger partial charge in [-0.3, -0.25) is 38.8 Å². The number of carbonyl (C=O) groups is 4. The quantitative estimate of drug-likeness (QED) is 0.0194. The van der Waals surface area contributed by atoms with Gasteiger partial charge in [0.1, 0.15) is 50.8 Å². The van der Waals surface area contributed by atoms with Gasteiger partial charge in [0.05, 0.1) is 0 Å². The lowest BCUT2D eigenvalue weighted by atomic mass is 10.1. The maximum Gasteiger partial charge on any atom is 0.305 e. The SMILES string of the molecule is CCCCC/C=C\CCCC(=O)OCC(O)CN1CCCN(CC(O)COC(=O)CCC/C=C\CCCCC)CCN(CC(O)COC(=O)CCC/C=C\CCCCC)CCCN(CC(O)COC(=O)CCC/C=C\CCCCC)CC1. The molecule has 0 aromatic rings. The number of hydrogen-bond donors (Lipinski definition) is 4. The predicted octanol–water partition coefficient (Wildman–Crippen LogP) is 10.8. The van der Waals surface area contributed by atoms with Gasteiger partial charge in [0, 0.05) is 78.0 Å². The van der Waals surface area contributed by atoms with Gasteiger partial charge in [-0.15, -0.1) is 0 Å². The van der Waals surface area contributed by atoms with Crippen LogP contribution in [0.25, 0.3) is 0 Å². The highest BCUT2D eigenvalue weighted by Gasteiger charge is 2.23. The van der Waals surface area contributed by atoms with Crippen LogP contribution in [-0.2, 0) is 38.1 Å². The summed E-state index contributed by atoms with van der Waals surface area (Å²) in [5, 5.41) is 45.1. The van der Waals surface area contributed by atoms with Crippen molar-refractivity contribution in [1.29, 1.82) is 0 Å². The summed E-state index contributed by atoms with van der Waals surface area (Å²) >= 11 is 0. The van der Waals surface area contributed by atoms with E-state index in [1.165, 1.54) is 77.0 Å². The van der Waals surface area contributed by atoms with Crippen molar-refractivity contribution in [2.75, 3.05) is 105 Å². The minimum atomic E-state index is -0.938. The molecule has 16 nitrogen and oxygen atoms in total. The third-order valence-electron chi connectivity index (χ3n) is 14.6. The Morgan fingerprint density at radius 3 is 0.707 bits per heavy atom. The largest absolute Gasteiger partial charge is 0.463 e. The summed E-state index contributed by atoms with van der Waals surface area (Å²) in [7, 11) is 0. The maximum absolute atomic E-state index is 12.7. The van der Waals surface area contributed by atoms with Crippen molar-refractivity contribution in [3.05, 3.63) is 48.6 Å². The first-order valence-electron chi connectivity index (χ1n) is 32.7. The van der Waals surface area contributed by atoms with E-state index >= 15 is 0 Å². The van der Waals surface area contributed by atoms with Gasteiger partial charge in [-0.05, 0) is 142 Å². The number of unbranched alkanes of at least 4 members (excludes halogenated alkanes) is 16. The molecule has 1 rings (SSSR count). The van der Waals surface area contributed by atoms with Crippen molar-refractivity contribution in [2.45, 2.75) is 245 Å². The Bertz CT molecular complexity index is 1430. The Morgan fingerprint density at radius 2 is 0.512 bits per heavy atom. The van der Waals surface area contributed by atoms with Crippen molar-refractivity contribution in [1.82, 2.24) is 19.6 Å². The molecule has 1 aliphatic heterocycles. The third-order valence-corrected chi connectivity index (χ3v) is 14.6. The van der Waals surface area contributed by atoms with Crippen molar-refractivity contribution in [2.24, 2.45) is 0 Å². The highest BCUT2D eigenvalue weighted by Crippen LogP contribution is 2.12. The van der Waals surface area contributed by atoms with E-state index in [4.69, 9.17) is 18.9 Å². The number of carbonyl (C=O) groups excluding carboxylic acids is 4. The number of nitrogens with zero attached hydrogens (tertiary/aromatic N) is 4. The molecule has 0 saturated carbocycles. The Hall–Kier alpha value is -3.48. The fourth-order valence-electron chi connectivity index (χ4n) is 9.68. The number of allylic oxidation sites excluding steroid dienone is 8. The summed E-state index contributed by atoms with van der Waals surface area (Å²) in [5.74, 6) is -1.35. The van der Waals surface area contributed by atoms with Crippen LogP contribution in [0.2, 0.25) is 0 Å². The maximum atomic E-state index is 12.7. The molecule has 16 heteroatoms. The fraction of sp³-hybridized carbons (Fsp3) is 0.818. The van der Waals surface area contributed by atoms with Crippen LogP contribution in [0.1, 0.15) is 220 Å². The van der Waals surface area contributed by atoms with Crippen LogP contribution < -0.4 is 0 Å². The summed E-state index contributed by atoms with van der Waals surface area (Å²) in [6.07, 6.45) is 40.2. The van der Waals surface area contributed by atoms with Crippen LogP contribution in [0.3, 0.4) is 0 Å². The summed E-state index contributed by atoms with van der Waals surface area (Å²) in [6.45, 7) is 13.5. The number of β-amino-alcohol motifs (C(OH)–C–C–N with tert-alkyl or cyclic N) is 4. The van der Waals surface area contributed by atoms with Crippen molar-refractivity contribution in [3.63, 3.8) is 0 Å². The molecular weight excluding hydrogens is 1040 g/mol. The van der Waals surface area contributed by atoms with E-state index in [2.05, 4.69) is 95.9 Å². The van der Waals surface area contributed by atoms with E-state index in [1.807, 2.05) is 0 Å². The van der Waals surface area contributed by atoms with E-state index < -0.39 is 24.4 Å². The summed E-state index contributed by atoms with van der Waals surface area (Å²) in [5.41, 5.74) is 0. The van der Waals surface area contributed by atoms with Gasteiger partial charge < -0.3 is 39.4 Å². The first-order chi connectivity index (χ1) is 39.9. The van der Waals surface area contributed by atoms with Gasteiger partial charge in [-0.1, -0.05) is 128 Å². The second-order valence-electron chi connectivity index (χ2n) is 22.7. The summed E-state index contributed by atoms with van der Waals surface area (Å²) in [6, 6.07) is 0. The molecular formula is C66H120N4O12. The van der Waals surface area contributed by atoms with E-state index in [0.29, 0.717) is 90.9 Å². The molecule has 1 fully saturated rings. The Balaban J connectivity index is 3.17. The fourth-order valence-corrected chi connectivity index (χ4v) is 9.68. The number of aliphatic hydroxyl groups excluding tert-OH is 4. The zero-order valence-electron chi connectivity index (χ0n) is 52.3. The lowest BCUT2D eigenvalue weighted by Crippen LogP contribution is -2.47. The van der Waals surface area contributed by atoms with Crippen LogP contribution in [0, 0.1) is 0 Å². The molecule has 0 radical (unpaired) electrons. The molecule has 1 aliphatic rings. The molecule has 476 valence electrons. The minimum Gasteiger partial charge on any atom is -0.463 e. The van der Waals surface area contributed by atoms with Crippen molar-refractivity contribution < 1.29 is 58.6 Å². The van der Waals surface area contributed by atoms with E-state index in [0.717, 1.165) is 51.4 Å². The molecule has 82 heavy (non-hydrogen) atoms. The van der Waals surface area contributed by atoms with E-state index in [1.54, 1.807) is 0 Å². The number of aliphatic hydroxyl groups is 4. The first-order valence-corrected chi connectivity index (χ1v) is 32.7. The first kappa shape index (κ1) is 76.5. The van der Waals surface area contributed by atoms with E-state index in [9.17, 15) is 39.6 Å². The monoisotopic (exact) mass is 1160 g/mol. The van der Waals surface area contributed by atoms with E-state index in [-0.39, 0.29) is 102 Å². The molecule has 0 spiro atoms. The van der Waals surface area contributed by atoms with Crippen LogP contribution in [0.15, 0.2) is 48.6 Å². The minimum absolute atomic E-state index is 0.129. The lowest BCUT2D eigenvalue weighted by Gasteiger charge is -2.34. The molecule has 0 aromatic carbocycles. The molecule has 4 N–H and O–H groups in total. The highest BCUT2D eigenvalue weighted by atomic mass is 16.6. The number of ether oxygens (including phenoxy) is 4. The zero-order valence-corrected chi connectivity index (χ0v) is 52.3. The zero-order chi connectivity index (χ0) is 59.9. The number of rotatable bonds is 48. The smallest absolute Gasteiger partial charge is 0.305 e. The Morgan fingerprint density at radius 1 is 0.317 bits per heavy atom. The number of hydrogen-bond acceptors (Lipinski definition) is 16. The Labute approximate surface area is 498 Å². The van der Waals surface area contributed by atoms with Crippen LogP contribution >= 0.6 is 0 Å². The van der Waals surface area contributed by atoms with Crippen molar-refractivity contribution in [3.8, 4) is 0 Å². The predicted molar refractivity (Wildman–Crippen MR) is 331 cm³/mol. The van der Waals surface area contributed by atoms with Crippen molar-refractivity contribution >= 4 is 23.9 Å². The molecule has 0 bridgehead atoms.